The van der Waals surface area contributed by atoms with Crippen molar-refractivity contribution in [1.82, 2.24) is 9.97 Å². The Balaban J connectivity index is 2.02. The van der Waals surface area contributed by atoms with Gasteiger partial charge in [-0.2, -0.15) is 0 Å². The number of H-pyrrole nitrogens is 2. The third-order valence-corrected chi connectivity index (χ3v) is 5.32. The summed E-state index contributed by atoms with van der Waals surface area (Å²) in [6.07, 6.45) is -4.87. The van der Waals surface area contributed by atoms with E-state index in [1.165, 1.54) is 17.0 Å². The summed E-state index contributed by atoms with van der Waals surface area (Å²) in [6.45, 7) is 0. The number of nitrogens with zero attached hydrogens (tertiary/aromatic N) is 1. The van der Waals surface area contributed by atoms with Gasteiger partial charge in [-0.25, -0.2) is 8.42 Å². The highest BCUT2D eigenvalue weighted by molar-refractivity contribution is 7.92. The van der Waals surface area contributed by atoms with Crippen molar-refractivity contribution < 1.29 is 26.3 Å². The average molecular weight is 444 g/mol. The van der Waals surface area contributed by atoms with Gasteiger partial charge in [0.2, 0.25) is 0 Å². The van der Waals surface area contributed by atoms with Crippen LogP contribution in [0.25, 0.3) is 11.0 Å². The number of aromatic nitrogens is 2. The van der Waals surface area contributed by atoms with Crippen LogP contribution in [0.5, 0.6) is 5.75 Å². The van der Waals surface area contributed by atoms with E-state index in [4.69, 9.17) is 0 Å². The molecule has 0 radical (unpaired) electrons. The first kappa shape index (κ1) is 21.2. The van der Waals surface area contributed by atoms with Crippen LogP contribution in [0.15, 0.2) is 50.9 Å². The highest BCUT2D eigenvalue weighted by Gasteiger charge is 2.31. The number of hydrogen-bond acceptors (Lipinski definition) is 6. The van der Waals surface area contributed by atoms with Gasteiger partial charge in [0.05, 0.1) is 16.7 Å². The molecule has 30 heavy (non-hydrogen) atoms. The molecule has 0 fully saturated rings. The second-order valence-electron chi connectivity index (χ2n) is 6.35. The van der Waals surface area contributed by atoms with Gasteiger partial charge in [-0.1, -0.05) is 0 Å². The average Bonchev–Trinajstić information content (AvgIpc) is 2.62. The van der Waals surface area contributed by atoms with Crippen LogP contribution in [0.4, 0.5) is 24.5 Å². The molecular formula is C17H15F3N4O5S. The number of nitrogens with one attached hydrogen (secondary N) is 3. The fourth-order valence-electron chi connectivity index (χ4n) is 2.63. The van der Waals surface area contributed by atoms with Crippen molar-refractivity contribution >= 4 is 32.4 Å². The minimum absolute atomic E-state index is 0.00992. The third kappa shape index (κ3) is 4.56. The third-order valence-electron chi connectivity index (χ3n) is 3.91. The Morgan fingerprint density at radius 3 is 2.00 bits per heavy atom. The van der Waals surface area contributed by atoms with Gasteiger partial charge in [0.15, 0.2) is 0 Å². The molecule has 0 bridgehead atoms. The maximum atomic E-state index is 12.9. The van der Waals surface area contributed by atoms with Crippen molar-refractivity contribution in [3.63, 3.8) is 0 Å². The van der Waals surface area contributed by atoms with Crippen molar-refractivity contribution in [2.24, 2.45) is 0 Å². The Morgan fingerprint density at radius 1 is 0.967 bits per heavy atom. The van der Waals surface area contributed by atoms with E-state index in [0.717, 1.165) is 24.3 Å². The van der Waals surface area contributed by atoms with E-state index in [0.29, 0.717) is 0 Å². The molecule has 0 amide bonds. The first-order valence-electron chi connectivity index (χ1n) is 8.22. The predicted octanol–water partition coefficient (Wildman–Crippen LogP) is 1.98. The molecule has 1 heterocycles. The van der Waals surface area contributed by atoms with Gasteiger partial charge >= 0.3 is 17.5 Å². The molecule has 3 N–H and O–H groups in total. The van der Waals surface area contributed by atoms with E-state index < -0.39 is 33.3 Å². The molecule has 9 nitrogen and oxygen atoms in total. The molecule has 0 atom stereocenters. The molecule has 13 heteroatoms. The lowest BCUT2D eigenvalue weighted by atomic mass is 10.2. The van der Waals surface area contributed by atoms with Crippen LogP contribution in [-0.4, -0.2) is 38.8 Å². The summed E-state index contributed by atoms with van der Waals surface area (Å²) in [5.41, 5.74) is -1.34. The van der Waals surface area contributed by atoms with E-state index in [1.807, 2.05) is 0 Å². The first-order chi connectivity index (χ1) is 13.9. The Hall–Kier alpha value is -3.48. The van der Waals surface area contributed by atoms with E-state index >= 15 is 0 Å². The second kappa shape index (κ2) is 7.40. The standard InChI is InChI=1S/C17H15F3N4O5S/c1-24(2)13-7-11-12(22-16(26)15(25)21-11)8-14(13)30(27,28)23-9-3-5-10(6-4-9)29-17(18,19)20/h3-8,23H,1-2H3,(H,21,25)(H,22,26). The number of sulfonamides is 1. The molecule has 0 aliphatic carbocycles. The quantitative estimate of drug-likeness (QED) is 0.517. The number of rotatable bonds is 5. The number of ether oxygens (including phenoxy) is 1. The number of alkyl halides is 3. The van der Waals surface area contributed by atoms with Crippen LogP contribution in [0.2, 0.25) is 0 Å². The van der Waals surface area contributed by atoms with Gasteiger partial charge < -0.3 is 19.6 Å². The normalized spacial score (nSPS) is 12.0. The fraction of sp³-hybridized carbons (Fsp3) is 0.176. The lowest BCUT2D eigenvalue weighted by molar-refractivity contribution is -0.274. The Bertz CT molecular complexity index is 1310. The molecule has 0 aliphatic heterocycles. The van der Waals surface area contributed by atoms with Crippen molar-refractivity contribution in [3.05, 3.63) is 57.1 Å². The zero-order chi connectivity index (χ0) is 22.3. The fourth-order valence-corrected chi connectivity index (χ4v) is 3.98. The number of halogens is 3. The Morgan fingerprint density at radius 2 is 1.50 bits per heavy atom. The Labute approximate surface area is 167 Å². The van der Waals surface area contributed by atoms with Gasteiger partial charge in [0.25, 0.3) is 10.0 Å². The van der Waals surface area contributed by atoms with E-state index in [-0.39, 0.29) is 27.3 Å². The zero-order valence-electron chi connectivity index (χ0n) is 15.5. The van der Waals surface area contributed by atoms with E-state index in [2.05, 4.69) is 19.4 Å². The van der Waals surface area contributed by atoms with Crippen molar-refractivity contribution in [2.45, 2.75) is 11.3 Å². The molecule has 160 valence electrons. The van der Waals surface area contributed by atoms with Gasteiger partial charge in [-0.05, 0) is 36.4 Å². The van der Waals surface area contributed by atoms with Gasteiger partial charge in [0, 0.05) is 19.8 Å². The maximum absolute atomic E-state index is 12.9. The molecule has 0 unspecified atom stereocenters. The van der Waals surface area contributed by atoms with Crippen molar-refractivity contribution in [1.29, 1.82) is 0 Å². The molecule has 0 aliphatic rings. The molecule has 0 saturated carbocycles. The highest BCUT2D eigenvalue weighted by atomic mass is 32.2. The zero-order valence-corrected chi connectivity index (χ0v) is 16.3. The largest absolute Gasteiger partial charge is 0.573 e. The molecule has 0 saturated heterocycles. The minimum atomic E-state index is -4.87. The molecule has 3 rings (SSSR count). The minimum Gasteiger partial charge on any atom is -0.406 e. The smallest absolute Gasteiger partial charge is 0.406 e. The number of fused-ring (bicyclic) bond motifs is 1. The van der Waals surface area contributed by atoms with Crippen LogP contribution >= 0.6 is 0 Å². The molecule has 0 spiro atoms. The van der Waals surface area contributed by atoms with Crippen LogP contribution in [0, 0.1) is 0 Å². The summed E-state index contributed by atoms with van der Waals surface area (Å²) >= 11 is 0. The number of aromatic amines is 2. The summed E-state index contributed by atoms with van der Waals surface area (Å²) in [5, 5.41) is 0. The lowest BCUT2D eigenvalue weighted by Crippen LogP contribution is -2.29. The van der Waals surface area contributed by atoms with Gasteiger partial charge in [0.1, 0.15) is 10.6 Å². The Kier molecular flexibility index (Phi) is 5.24. The highest BCUT2D eigenvalue weighted by Crippen LogP contribution is 2.30. The first-order valence-corrected chi connectivity index (χ1v) is 9.70. The van der Waals surface area contributed by atoms with Crippen LogP contribution in [0.1, 0.15) is 0 Å². The van der Waals surface area contributed by atoms with Gasteiger partial charge in [-0.3, -0.25) is 14.3 Å². The molecule has 1 aromatic heterocycles. The maximum Gasteiger partial charge on any atom is 0.573 e. The van der Waals surface area contributed by atoms with Crippen molar-refractivity contribution in [2.75, 3.05) is 23.7 Å². The summed E-state index contributed by atoms with van der Waals surface area (Å²) in [5.74, 6) is -0.508. The topological polar surface area (TPSA) is 124 Å². The monoisotopic (exact) mass is 444 g/mol. The SMILES string of the molecule is CN(C)c1cc2[nH]c(=O)c(=O)[nH]c2cc1S(=O)(=O)Nc1ccc(OC(F)(F)F)cc1. The van der Waals surface area contributed by atoms with Gasteiger partial charge in [-0.15, -0.1) is 13.2 Å². The summed E-state index contributed by atoms with van der Waals surface area (Å²) in [6, 6.07) is 6.68. The summed E-state index contributed by atoms with van der Waals surface area (Å²) < 4.78 is 68.6. The van der Waals surface area contributed by atoms with Crippen LogP contribution in [-0.2, 0) is 10.0 Å². The molecule has 2 aromatic carbocycles. The molecular weight excluding hydrogens is 429 g/mol. The molecule has 3 aromatic rings. The van der Waals surface area contributed by atoms with E-state index in [9.17, 15) is 31.2 Å². The summed E-state index contributed by atoms with van der Waals surface area (Å²) in [4.78, 5) is 29.0. The number of hydrogen-bond donors (Lipinski definition) is 3. The predicted molar refractivity (Wildman–Crippen MR) is 103 cm³/mol. The van der Waals surface area contributed by atoms with Crippen LogP contribution in [0.3, 0.4) is 0 Å². The second-order valence-corrected chi connectivity index (χ2v) is 8.00. The lowest BCUT2D eigenvalue weighted by Gasteiger charge is -2.19. The van der Waals surface area contributed by atoms with Crippen LogP contribution < -0.4 is 25.5 Å². The number of anilines is 2. The van der Waals surface area contributed by atoms with Crippen molar-refractivity contribution in [3.8, 4) is 5.75 Å². The van der Waals surface area contributed by atoms with E-state index in [1.54, 1.807) is 14.1 Å². The number of benzene rings is 2. The summed E-state index contributed by atoms with van der Waals surface area (Å²) in [7, 11) is -1.07.